The van der Waals surface area contributed by atoms with E-state index in [0.29, 0.717) is 10.9 Å². The van der Waals surface area contributed by atoms with Crippen molar-refractivity contribution in [2.45, 2.75) is 44.7 Å². The summed E-state index contributed by atoms with van der Waals surface area (Å²) in [6, 6.07) is 2.38. The number of benzene rings is 1. The van der Waals surface area contributed by atoms with Crippen LogP contribution in [0.25, 0.3) is 11.3 Å². The first-order valence-corrected chi connectivity index (χ1v) is 11.0. The summed E-state index contributed by atoms with van der Waals surface area (Å²) in [5.41, 5.74) is 5.14. The number of alkyl halides is 3. The fourth-order valence-corrected chi connectivity index (χ4v) is 4.80. The Morgan fingerprint density at radius 3 is 2.64 bits per heavy atom. The highest BCUT2D eigenvalue weighted by molar-refractivity contribution is 7.16. The molecule has 0 aliphatic carbocycles. The number of anilines is 2. The Hall–Kier alpha value is -2.41. The smallest absolute Gasteiger partial charge is 0.316 e. The molecular weight excluding hydrogens is 487 g/mol. The van der Waals surface area contributed by atoms with E-state index in [0.717, 1.165) is 42.6 Å². The maximum Gasteiger partial charge on any atom is 0.416 e. The van der Waals surface area contributed by atoms with Gasteiger partial charge in [0.15, 0.2) is 16.1 Å². The van der Waals surface area contributed by atoms with Crippen molar-refractivity contribution < 1.29 is 22.0 Å². The second kappa shape index (κ2) is 9.09. The lowest BCUT2D eigenvalue weighted by molar-refractivity contribution is -0.137. The van der Waals surface area contributed by atoms with Crippen LogP contribution in [0.2, 0.25) is 5.15 Å². The minimum absolute atomic E-state index is 0.0526. The van der Waals surface area contributed by atoms with E-state index in [4.69, 9.17) is 17.3 Å². The first kappa shape index (κ1) is 23.7. The molecule has 1 aromatic carbocycles. The lowest BCUT2D eigenvalue weighted by atomic mass is 10.1. The average Bonchev–Trinajstić information content (AvgIpc) is 3.28. The number of likely N-dealkylation sites (tertiary alicyclic amines) is 1. The third-order valence-electron chi connectivity index (χ3n) is 5.37. The zero-order chi connectivity index (χ0) is 23.9. The van der Waals surface area contributed by atoms with Crippen LogP contribution in [0.1, 0.15) is 30.2 Å². The van der Waals surface area contributed by atoms with Gasteiger partial charge in [0, 0.05) is 23.0 Å². The molecule has 0 radical (unpaired) electrons. The van der Waals surface area contributed by atoms with E-state index in [1.807, 2.05) is 11.8 Å². The zero-order valence-corrected chi connectivity index (χ0v) is 18.7. The first-order chi connectivity index (χ1) is 15.5. The van der Waals surface area contributed by atoms with Crippen LogP contribution in [0.5, 0.6) is 0 Å². The number of nitrogens with two attached hydrogens (primary N) is 1. The minimum atomic E-state index is -4.74. The SMILES string of the molecule is C[C@@H]1CC[C@@H](N)N1Cc1sc(Nc2ncnc(Cl)c2F)nc1-c1cc(F)cc(C(F)(F)F)c1. The Bertz CT molecular complexity index is 1160. The van der Waals surface area contributed by atoms with Crippen LogP contribution in [0.4, 0.5) is 32.9 Å². The molecule has 2 aromatic heterocycles. The fraction of sp³-hybridized carbons (Fsp3) is 0.350. The third kappa shape index (κ3) is 5.08. The van der Waals surface area contributed by atoms with Gasteiger partial charge in [0.2, 0.25) is 5.82 Å². The second-order valence-electron chi connectivity index (χ2n) is 7.64. The monoisotopic (exact) mass is 504 g/mol. The van der Waals surface area contributed by atoms with Crippen LogP contribution in [0.15, 0.2) is 24.5 Å². The lowest BCUT2D eigenvalue weighted by Gasteiger charge is -2.25. The molecule has 0 amide bonds. The van der Waals surface area contributed by atoms with E-state index in [-0.39, 0.29) is 41.0 Å². The Balaban J connectivity index is 1.78. The van der Waals surface area contributed by atoms with Crippen LogP contribution < -0.4 is 11.1 Å². The highest BCUT2D eigenvalue weighted by Gasteiger charge is 2.33. The summed E-state index contributed by atoms with van der Waals surface area (Å²) < 4.78 is 68.2. The van der Waals surface area contributed by atoms with Crippen LogP contribution in [0.3, 0.4) is 0 Å². The van der Waals surface area contributed by atoms with Crippen molar-refractivity contribution in [1.82, 2.24) is 19.9 Å². The Kier molecular flexibility index (Phi) is 6.54. The number of nitrogens with zero attached hydrogens (tertiary/aromatic N) is 4. The molecule has 4 rings (SSSR count). The molecule has 176 valence electrons. The van der Waals surface area contributed by atoms with Crippen molar-refractivity contribution in [2.24, 2.45) is 5.73 Å². The molecule has 1 fully saturated rings. The number of halogens is 6. The summed E-state index contributed by atoms with van der Waals surface area (Å²) >= 11 is 6.76. The summed E-state index contributed by atoms with van der Waals surface area (Å²) in [6.07, 6.45) is -2.29. The number of rotatable bonds is 5. The van der Waals surface area contributed by atoms with Crippen LogP contribution in [0, 0.1) is 11.6 Å². The largest absolute Gasteiger partial charge is 0.416 e. The molecular formula is C20H18ClF5N6S. The summed E-state index contributed by atoms with van der Waals surface area (Å²) in [7, 11) is 0. The molecule has 3 heterocycles. The molecule has 1 aliphatic heterocycles. The number of hydrogen-bond acceptors (Lipinski definition) is 7. The molecule has 1 saturated heterocycles. The van der Waals surface area contributed by atoms with Crippen molar-refractivity contribution in [1.29, 1.82) is 0 Å². The first-order valence-electron chi connectivity index (χ1n) is 9.85. The molecule has 0 unspecified atom stereocenters. The van der Waals surface area contributed by atoms with Crippen molar-refractivity contribution in [2.75, 3.05) is 5.32 Å². The van der Waals surface area contributed by atoms with Crippen LogP contribution in [-0.4, -0.2) is 32.1 Å². The second-order valence-corrected chi connectivity index (χ2v) is 9.08. The van der Waals surface area contributed by atoms with E-state index in [9.17, 15) is 22.0 Å². The molecule has 13 heteroatoms. The van der Waals surface area contributed by atoms with Crippen molar-refractivity contribution in [3.05, 3.63) is 51.8 Å². The van der Waals surface area contributed by atoms with Crippen LogP contribution >= 0.6 is 22.9 Å². The topological polar surface area (TPSA) is 80.0 Å². The Morgan fingerprint density at radius 1 is 1.21 bits per heavy atom. The van der Waals surface area contributed by atoms with Gasteiger partial charge in [-0.1, -0.05) is 22.9 Å². The fourth-order valence-electron chi connectivity index (χ4n) is 3.67. The van der Waals surface area contributed by atoms with Gasteiger partial charge in [-0.25, -0.2) is 19.3 Å². The molecule has 0 spiro atoms. The van der Waals surface area contributed by atoms with Crippen molar-refractivity contribution in [3.8, 4) is 11.3 Å². The maximum absolute atomic E-state index is 14.2. The number of nitrogens with one attached hydrogen (secondary N) is 1. The predicted molar refractivity (Wildman–Crippen MR) is 115 cm³/mol. The highest BCUT2D eigenvalue weighted by atomic mass is 35.5. The molecule has 1 aliphatic rings. The summed E-state index contributed by atoms with van der Waals surface area (Å²) in [5, 5.41) is 2.43. The molecule has 6 nitrogen and oxygen atoms in total. The average molecular weight is 505 g/mol. The van der Waals surface area contributed by atoms with Gasteiger partial charge in [-0.05, 0) is 38.0 Å². The molecule has 3 aromatic rings. The highest BCUT2D eigenvalue weighted by Crippen LogP contribution is 2.39. The quantitative estimate of drug-likeness (QED) is 0.349. The van der Waals surface area contributed by atoms with Gasteiger partial charge in [0.05, 0.1) is 17.4 Å². The van der Waals surface area contributed by atoms with E-state index in [2.05, 4.69) is 20.3 Å². The zero-order valence-electron chi connectivity index (χ0n) is 17.1. The number of aromatic nitrogens is 3. The normalized spacial score (nSPS) is 19.3. The van der Waals surface area contributed by atoms with Gasteiger partial charge < -0.3 is 11.1 Å². The third-order valence-corrected chi connectivity index (χ3v) is 6.59. The van der Waals surface area contributed by atoms with Crippen molar-refractivity contribution >= 4 is 33.9 Å². The number of thiazole rings is 1. The molecule has 33 heavy (non-hydrogen) atoms. The van der Waals surface area contributed by atoms with E-state index < -0.39 is 28.5 Å². The minimum Gasteiger partial charge on any atom is -0.316 e. The lowest BCUT2D eigenvalue weighted by Crippen LogP contribution is -2.39. The molecule has 0 bridgehead atoms. The molecule has 2 atom stereocenters. The molecule has 0 saturated carbocycles. The maximum atomic E-state index is 14.2. The van der Waals surface area contributed by atoms with Crippen molar-refractivity contribution in [3.63, 3.8) is 0 Å². The Morgan fingerprint density at radius 2 is 1.97 bits per heavy atom. The van der Waals surface area contributed by atoms with Gasteiger partial charge >= 0.3 is 6.18 Å². The van der Waals surface area contributed by atoms with Gasteiger partial charge in [0.25, 0.3) is 0 Å². The van der Waals surface area contributed by atoms with Gasteiger partial charge in [0.1, 0.15) is 12.1 Å². The number of hydrogen-bond donors (Lipinski definition) is 2. The van der Waals surface area contributed by atoms with E-state index in [1.165, 1.54) is 0 Å². The van der Waals surface area contributed by atoms with Gasteiger partial charge in [-0.2, -0.15) is 17.6 Å². The molecule has 3 N–H and O–H groups in total. The summed E-state index contributed by atoms with van der Waals surface area (Å²) in [5.74, 6) is -2.20. The van der Waals surface area contributed by atoms with E-state index >= 15 is 0 Å². The summed E-state index contributed by atoms with van der Waals surface area (Å²) in [4.78, 5) is 14.2. The van der Waals surface area contributed by atoms with E-state index in [1.54, 1.807) is 0 Å². The predicted octanol–water partition coefficient (Wildman–Crippen LogP) is 5.56. The van der Waals surface area contributed by atoms with Gasteiger partial charge in [-0.3, -0.25) is 4.90 Å². The Labute approximate surface area is 194 Å². The standard InChI is InChI=1S/C20H18ClF5N6S/c1-9-2-3-14(27)32(9)7-13-16(10-4-11(20(24,25)26)6-12(22)5-10)30-19(33-13)31-18-15(23)17(21)28-8-29-18/h4-6,8-9,14H,2-3,7,27H2,1H3,(H,28,29,30,31)/t9-,14+/m1/s1. The van der Waals surface area contributed by atoms with Gasteiger partial charge in [-0.15, -0.1) is 0 Å². The summed E-state index contributed by atoms with van der Waals surface area (Å²) in [6.45, 7) is 2.27. The van der Waals surface area contributed by atoms with Crippen LogP contribution in [-0.2, 0) is 12.7 Å².